The maximum absolute atomic E-state index is 8.93. The molecule has 1 aromatic rings. The van der Waals surface area contributed by atoms with Crippen LogP contribution in [-0.4, -0.2) is 5.25 Å². The second-order valence-electron chi connectivity index (χ2n) is 4.46. The minimum Gasteiger partial charge on any atom is -0.197 e. The predicted octanol–water partition coefficient (Wildman–Crippen LogP) is 4.61. The molecule has 3 heteroatoms. The molecule has 1 atom stereocenters. The molecule has 0 N–H and O–H groups in total. The maximum Gasteiger partial charge on any atom is 0.0936 e. The van der Waals surface area contributed by atoms with Crippen molar-refractivity contribution in [3.63, 3.8) is 0 Å². The van der Waals surface area contributed by atoms with Crippen LogP contribution in [0.1, 0.15) is 37.3 Å². The third kappa shape index (κ3) is 2.97. The molecule has 1 unspecified atom stereocenters. The standard InChI is InChI=1S/C14H16ClNS/c1-10(9-16)17-14-12-6-4-2-3-5-11(12)7-8-13(14)15/h7-8,10H,2-6H2,1H3. The van der Waals surface area contributed by atoms with Gasteiger partial charge in [0.2, 0.25) is 0 Å². The van der Waals surface area contributed by atoms with Crippen LogP contribution in [0.4, 0.5) is 0 Å². The van der Waals surface area contributed by atoms with Crippen molar-refractivity contribution in [3.8, 4) is 6.07 Å². The van der Waals surface area contributed by atoms with Crippen LogP contribution in [0.5, 0.6) is 0 Å². The number of hydrogen-bond acceptors (Lipinski definition) is 2. The maximum atomic E-state index is 8.93. The van der Waals surface area contributed by atoms with Crippen molar-refractivity contribution >= 4 is 23.4 Å². The zero-order chi connectivity index (χ0) is 12.3. The minimum absolute atomic E-state index is 0.0396. The highest BCUT2D eigenvalue weighted by atomic mass is 35.5. The van der Waals surface area contributed by atoms with Gasteiger partial charge in [-0.05, 0) is 49.8 Å². The molecule has 0 saturated heterocycles. The van der Waals surface area contributed by atoms with Gasteiger partial charge in [-0.3, -0.25) is 0 Å². The van der Waals surface area contributed by atoms with Gasteiger partial charge in [0.1, 0.15) is 0 Å². The molecule has 0 fully saturated rings. The average molecular weight is 266 g/mol. The Hall–Kier alpha value is -0.650. The molecular formula is C14H16ClNS. The van der Waals surface area contributed by atoms with Gasteiger partial charge in [-0.1, -0.05) is 24.1 Å². The molecule has 0 spiro atoms. The van der Waals surface area contributed by atoms with Gasteiger partial charge in [-0.25, -0.2) is 0 Å². The summed E-state index contributed by atoms with van der Waals surface area (Å²) >= 11 is 7.89. The molecule has 0 aliphatic heterocycles. The molecule has 1 nitrogen and oxygen atoms in total. The van der Waals surface area contributed by atoms with E-state index in [1.807, 2.05) is 13.0 Å². The SMILES string of the molecule is CC(C#N)Sc1c(Cl)ccc2c1CCCCC2. The number of fused-ring (bicyclic) bond motifs is 1. The molecule has 0 radical (unpaired) electrons. The fraction of sp³-hybridized carbons (Fsp3) is 0.500. The van der Waals surface area contributed by atoms with Gasteiger partial charge in [0.25, 0.3) is 0 Å². The molecular weight excluding hydrogens is 250 g/mol. The van der Waals surface area contributed by atoms with Crippen molar-refractivity contribution in [1.29, 1.82) is 5.26 Å². The molecule has 2 rings (SSSR count). The third-order valence-corrected chi connectivity index (χ3v) is 4.75. The van der Waals surface area contributed by atoms with Crippen molar-refractivity contribution in [2.24, 2.45) is 0 Å². The summed E-state index contributed by atoms with van der Waals surface area (Å²) < 4.78 is 0. The summed E-state index contributed by atoms with van der Waals surface area (Å²) in [5, 5.41) is 9.70. The molecule has 0 saturated carbocycles. The first-order valence-corrected chi connectivity index (χ1v) is 7.34. The molecule has 1 aromatic carbocycles. The molecule has 1 aliphatic carbocycles. The lowest BCUT2D eigenvalue weighted by molar-refractivity contribution is 0.710. The second-order valence-corrected chi connectivity index (χ2v) is 6.22. The largest absolute Gasteiger partial charge is 0.197 e. The molecule has 0 bridgehead atoms. The number of benzene rings is 1. The predicted molar refractivity (Wildman–Crippen MR) is 73.6 cm³/mol. The molecule has 90 valence electrons. The lowest BCUT2D eigenvalue weighted by Gasteiger charge is -2.14. The van der Waals surface area contributed by atoms with Crippen molar-refractivity contribution in [2.75, 3.05) is 0 Å². The van der Waals surface area contributed by atoms with Crippen molar-refractivity contribution in [3.05, 3.63) is 28.3 Å². The van der Waals surface area contributed by atoms with Crippen LogP contribution >= 0.6 is 23.4 Å². The fourth-order valence-corrected chi connectivity index (χ4v) is 3.55. The first-order chi connectivity index (χ1) is 8.22. The Morgan fingerprint density at radius 1 is 1.29 bits per heavy atom. The Kier molecular flexibility index (Phi) is 4.36. The van der Waals surface area contributed by atoms with E-state index in [4.69, 9.17) is 16.9 Å². The molecule has 0 heterocycles. The van der Waals surface area contributed by atoms with E-state index in [2.05, 4.69) is 12.1 Å². The van der Waals surface area contributed by atoms with E-state index in [9.17, 15) is 0 Å². The molecule has 1 aliphatic rings. The molecule has 17 heavy (non-hydrogen) atoms. The van der Waals surface area contributed by atoms with Gasteiger partial charge in [-0.15, -0.1) is 11.8 Å². The van der Waals surface area contributed by atoms with Crippen LogP contribution in [0.3, 0.4) is 0 Å². The van der Waals surface area contributed by atoms with Crippen LogP contribution in [0.25, 0.3) is 0 Å². The summed E-state index contributed by atoms with van der Waals surface area (Å²) in [5.74, 6) is 0. The van der Waals surface area contributed by atoms with E-state index >= 15 is 0 Å². The zero-order valence-corrected chi connectivity index (χ0v) is 11.6. The topological polar surface area (TPSA) is 23.8 Å². The van der Waals surface area contributed by atoms with Gasteiger partial charge in [0, 0.05) is 4.90 Å². The summed E-state index contributed by atoms with van der Waals surface area (Å²) in [7, 11) is 0. The molecule has 0 amide bonds. The van der Waals surface area contributed by atoms with E-state index in [0.29, 0.717) is 0 Å². The Bertz CT molecular complexity index is 450. The minimum atomic E-state index is -0.0396. The van der Waals surface area contributed by atoms with E-state index in [1.165, 1.54) is 30.4 Å². The van der Waals surface area contributed by atoms with Gasteiger partial charge in [-0.2, -0.15) is 5.26 Å². The number of nitrogens with zero attached hydrogens (tertiary/aromatic N) is 1. The van der Waals surface area contributed by atoms with E-state index in [-0.39, 0.29) is 5.25 Å². The lowest BCUT2D eigenvalue weighted by Crippen LogP contribution is -1.98. The Balaban J connectivity index is 2.39. The van der Waals surface area contributed by atoms with Crippen molar-refractivity contribution in [2.45, 2.75) is 49.2 Å². The van der Waals surface area contributed by atoms with Gasteiger partial charge >= 0.3 is 0 Å². The first kappa shape index (κ1) is 12.8. The highest BCUT2D eigenvalue weighted by Crippen LogP contribution is 2.37. The van der Waals surface area contributed by atoms with Crippen LogP contribution in [0.15, 0.2) is 17.0 Å². The number of aryl methyl sites for hydroxylation is 1. The van der Waals surface area contributed by atoms with Crippen molar-refractivity contribution < 1.29 is 0 Å². The fourth-order valence-electron chi connectivity index (χ4n) is 2.27. The quantitative estimate of drug-likeness (QED) is 0.576. The lowest BCUT2D eigenvalue weighted by atomic mass is 10.0. The Morgan fingerprint density at radius 2 is 2.06 bits per heavy atom. The Labute approximate surface area is 112 Å². The summed E-state index contributed by atoms with van der Waals surface area (Å²) in [5.41, 5.74) is 2.82. The van der Waals surface area contributed by atoms with Gasteiger partial charge in [0.15, 0.2) is 0 Å². The summed E-state index contributed by atoms with van der Waals surface area (Å²) in [6, 6.07) is 6.41. The summed E-state index contributed by atoms with van der Waals surface area (Å²) in [4.78, 5) is 1.14. The van der Waals surface area contributed by atoms with Crippen LogP contribution in [0, 0.1) is 11.3 Å². The molecule has 0 aromatic heterocycles. The Morgan fingerprint density at radius 3 is 2.82 bits per heavy atom. The first-order valence-electron chi connectivity index (χ1n) is 6.09. The number of rotatable bonds is 2. The third-order valence-electron chi connectivity index (χ3n) is 3.16. The van der Waals surface area contributed by atoms with Crippen LogP contribution < -0.4 is 0 Å². The number of nitriles is 1. The smallest absolute Gasteiger partial charge is 0.0936 e. The second kappa shape index (κ2) is 5.80. The number of hydrogen-bond donors (Lipinski definition) is 0. The van der Waals surface area contributed by atoms with Gasteiger partial charge < -0.3 is 0 Å². The van der Waals surface area contributed by atoms with E-state index < -0.39 is 0 Å². The van der Waals surface area contributed by atoms with Gasteiger partial charge in [0.05, 0.1) is 16.3 Å². The average Bonchev–Trinajstić information content (AvgIpc) is 2.57. The normalized spacial score (nSPS) is 16.8. The van der Waals surface area contributed by atoms with E-state index in [0.717, 1.165) is 22.8 Å². The number of halogens is 1. The zero-order valence-electron chi connectivity index (χ0n) is 10.0. The van der Waals surface area contributed by atoms with E-state index in [1.54, 1.807) is 11.8 Å². The number of thioether (sulfide) groups is 1. The summed E-state index contributed by atoms with van der Waals surface area (Å²) in [6.07, 6.45) is 6.07. The van der Waals surface area contributed by atoms with Crippen molar-refractivity contribution in [1.82, 2.24) is 0 Å². The van der Waals surface area contributed by atoms with Crippen LogP contribution in [0.2, 0.25) is 5.02 Å². The van der Waals surface area contributed by atoms with Crippen LogP contribution in [-0.2, 0) is 12.8 Å². The highest BCUT2D eigenvalue weighted by Gasteiger charge is 2.17. The monoisotopic (exact) mass is 265 g/mol. The highest BCUT2D eigenvalue weighted by molar-refractivity contribution is 8.00. The summed E-state index contributed by atoms with van der Waals surface area (Å²) in [6.45, 7) is 1.93.